The molecule has 0 radical (unpaired) electrons. The van der Waals surface area contributed by atoms with Gasteiger partial charge < -0.3 is 19.9 Å². The summed E-state index contributed by atoms with van der Waals surface area (Å²) in [5.74, 6) is -0.779. The number of aliphatic carboxylic acids is 1. The molecule has 0 bridgehead atoms. The van der Waals surface area contributed by atoms with Crippen molar-refractivity contribution in [2.24, 2.45) is 0 Å². The van der Waals surface area contributed by atoms with Crippen molar-refractivity contribution >= 4 is 5.97 Å². The Morgan fingerprint density at radius 2 is 2.17 bits per heavy atom. The molecule has 18 heavy (non-hydrogen) atoms. The highest BCUT2D eigenvalue weighted by molar-refractivity contribution is 5.78. The molecule has 0 aromatic heterocycles. The van der Waals surface area contributed by atoms with Gasteiger partial charge in [-0.25, -0.2) is 0 Å². The fraction of sp³-hybridized carbons (Fsp3) is 0.923. The monoisotopic (exact) mass is 259 g/mol. The van der Waals surface area contributed by atoms with Crippen molar-refractivity contribution in [1.29, 1.82) is 0 Å². The maximum Gasteiger partial charge on any atom is 0.323 e. The summed E-state index contributed by atoms with van der Waals surface area (Å²) in [5.41, 5.74) is -0.807. The van der Waals surface area contributed by atoms with E-state index in [9.17, 15) is 9.90 Å². The summed E-state index contributed by atoms with van der Waals surface area (Å²) >= 11 is 0. The zero-order valence-corrected chi connectivity index (χ0v) is 11.4. The predicted molar refractivity (Wildman–Crippen MR) is 68.7 cm³/mol. The van der Waals surface area contributed by atoms with Crippen LogP contribution in [0.15, 0.2) is 0 Å². The molecule has 1 aliphatic heterocycles. The number of likely N-dealkylation sites (N-methyl/N-ethyl adjacent to an activating group) is 1. The lowest BCUT2D eigenvalue weighted by molar-refractivity contribution is -0.145. The number of rotatable bonds is 8. The molecule has 1 rings (SSSR count). The summed E-state index contributed by atoms with van der Waals surface area (Å²) in [4.78, 5) is 11.3. The van der Waals surface area contributed by atoms with Gasteiger partial charge in [0.15, 0.2) is 0 Å². The van der Waals surface area contributed by atoms with Gasteiger partial charge in [-0.15, -0.1) is 0 Å². The lowest BCUT2D eigenvalue weighted by atomic mass is 9.91. The van der Waals surface area contributed by atoms with E-state index in [2.05, 4.69) is 5.32 Å². The van der Waals surface area contributed by atoms with Gasteiger partial charge in [0, 0.05) is 19.8 Å². The molecule has 5 nitrogen and oxygen atoms in total. The molecule has 1 fully saturated rings. The zero-order chi connectivity index (χ0) is 13.4. The Morgan fingerprint density at radius 1 is 1.50 bits per heavy atom. The molecule has 0 aliphatic carbocycles. The zero-order valence-electron chi connectivity index (χ0n) is 11.4. The summed E-state index contributed by atoms with van der Waals surface area (Å²) in [5, 5.41) is 12.2. The first kappa shape index (κ1) is 15.4. The average Bonchev–Trinajstić information content (AvgIpc) is 2.40. The van der Waals surface area contributed by atoms with Crippen LogP contribution < -0.4 is 5.32 Å². The lowest BCUT2D eigenvalue weighted by Crippen LogP contribution is -2.50. The van der Waals surface area contributed by atoms with Crippen LogP contribution >= 0.6 is 0 Å². The van der Waals surface area contributed by atoms with E-state index in [0.29, 0.717) is 19.4 Å². The molecule has 0 saturated carbocycles. The highest BCUT2D eigenvalue weighted by Crippen LogP contribution is 2.18. The molecule has 0 amide bonds. The molecule has 1 unspecified atom stereocenters. The van der Waals surface area contributed by atoms with Gasteiger partial charge in [0.25, 0.3) is 0 Å². The highest BCUT2D eigenvalue weighted by Gasteiger charge is 2.34. The fourth-order valence-electron chi connectivity index (χ4n) is 2.31. The van der Waals surface area contributed by atoms with Gasteiger partial charge in [0.2, 0.25) is 0 Å². The van der Waals surface area contributed by atoms with E-state index in [0.717, 1.165) is 32.5 Å². The Balaban J connectivity index is 2.24. The minimum absolute atomic E-state index is 0.286. The van der Waals surface area contributed by atoms with Crippen LogP contribution in [0.25, 0.3) is 0 Å². The van der Waals surface area contributed by atoms with Crippen LogP contribution in [0, 0.1) is 0 Å². The Morgan fingerprint density at radius 3 is 2.67 bits per heavy atom. The Labute approximate surface area is 109 Å². The summed E-state index contributed by atoms with van der Waals surface area (Å²) in [6.45, 7) is 4.07. The first-order chi connectivity index (χ1) is 8.64. The van der Waals surface area contributed by atoms with Crippen molar-refractivity contribution in [3.05, 3.63) is 0 Å². The molecule has 0 spiro atoms. The van der Waals surface area contributed by atoms with Crippen LogP contribution in [-0.2, 0) is 14.3 Å². The van der Waals surface area contributed by atoms with E-state index in [-0.39, 0.29) is 6.10 Å². The van der Waals surface area contributed by atoms with E-state index in [4.69, 9.17) is 9.47 Å². The Bertz CT molecular complexity index is 247. The number of hydrogen-bond donors (Lipinski definition) is 2. The summed E-state index contributed by atoms with van der Waals surface area (Å²) in [6, 6.07) is 0. The van der Waals surface area contributed by atoms with Gasteiger partial charge in [-0.3, -0.25) is 4.79 Å². The van der Waals surface area contributed by atoms with Crippen LogP contribution in [0.4, 0.5) is 0 Å². The molecule has 1 atom stereocenters. The SMILES string of the molecule is CCC(CCCOC1CCOCC1)(NC)C(=O)O. The third kappa shape index (κ3) is 4.23. The summed E-state index contributed by atoms with van der Waals surface area (Å²) < 4.78 is 11.0. The standard InChI is InChI=1S/C13H25NO4/c1-3-13(14-2,12(15)16)7-4-8-18-11-5-9-17-10-6-11/h11,14H,3-10H2,1-2H3,(H,15,16). The number of hydrogen-bond acceptors (Lipinski definition) is 4. The number of ether oxygens (including phenoxy) is 2. The second-order valence-corrected chi connectivity index (χ2v) is 4.78. The molecule has 1 aliphatic rings. The van der Waals surface area contributed by atoms with E-state index in [1.807, 2.05) is 6.92 Å². The van der Waals surface area contributed by atoms with E-state index >= 15 is 0 Å². The lowest BCUT2D eigenvalue weighted by Gasteiger charge is -2.28. The maximum atomic E-state index is 11.3. The van der Waals surface area contributed by atoms with Crippen molar-refractivity contribution < 1.29 is 19.4 Å². The second-order valence-electron chi connectivity index (χ2n) is 4.78. The third-order valence-corrected chi connectivity index (χ3v) is 3.76. The van der Waals surface area contributed by atoms with Crippen molar-refractivity contribution in [1.82, 2.24) is 5.32 Å². The quantitative estimate of drug-likeness (QED) is 0.645. The molecule has 0 aromatic rings. The Hall–Kier alpha value is -0.650. The van der Waals surface area contributed by atoms with Gasteiger partial charge >= 0.3 is 5.97 Å². The largest absolute Gasteiger partial charge is 0.480 e. The molecule has 1 heterocycles. The topological polar surface area (TPSA) is 67.8 Å². The van der Waals surface area contributed by atoms with Gasteiger partial charge in [-0.1, -0.05) is 6.92 Å². The van der Waals surface area contributed by atoms with Crippen molar-refractivity contribution in [2.45, 2.75) is 50.7 Å². The first-order valence-electron chi connectivity index (χ1n) is 6.76. The predicted octanol–water partition coefficient (Wildman–Crippen LogP) is 1.41. The molecular weight excluding hydrogens is 234 g/mol. The third-order valence-electron chi connectivity index (χ3n) is 3.76. The summed E-state index contributed by atoms with van der Waals surface area (Å²) in [7, 11) is 1.71. The number of carbonyl (C=O) groups is 1. The van der Waals surface area contributed by atoms with Crippen molar-refractivity contribution in [3.8, 4) is 0 Å². The van der Waals surface area contributed by atoms with Gasteiger partial charge in [-0.2, -0.15) is 0 Å². The van der Waals surface area contributed by atoms with E-state index < -0.39 is 11.5 Å². The minimum atomic E-state index is -0.807. The number of nitrogens with one attached hydrogen (secondary N) is 1. The van der Waals surface area contributed by atoms with Crippen LogP contribution in [0.1, 0.15) is 39.0 Å². The average molecular weight is 259 g/mol. The van der Waals surface area contributed by atoms with Crippen LogP contribution in [-0.4, -0.2) is 49.6 Å². The molecule has 1 saturated heterocycles. The molecule has 5 heteroatoms. The molecule has 0 aromatic carbocycles. The smallest absolute Gasteiger partial charge is 0.323 e. The van der Waals surface area contributed by atoms with Crippen LogP contribution in [0.5, 0.6) is 0 Å². The van der Waals surface area contributed by atoms with Crippen LogP contribution in [0.3, 0.4) is 0 Å². The first-order valence-corrected chi connectivity index (χ1v) is 6.76. The maximum absolute atomic E-state index is 11.3. The van der Waals surface area contributed by atoms with Gasteiger partial charge in [0.1, 0.15) is 5.54 Å². The minimum Gasteiger partial charge on any atom is -0.480 e. The molecule has 106 valence electrons. The van der Waals surface area contributed by atoms with Gasteiger partial charge in [-0.05, 0) is 39.2 Å². The molecular formula is C13H25NO4. The summed E-state index contributed by atoms with van der Waals surface area (Å²) in [6.07, 6.45) is 4.12. The number of carboxylic acids is 1. The van der Waals surface area contributed by atoms with Crippen LogP contribution in [0.2, 0.25) is 0 Å². The van der Waals surface area contributed by atoms with Crippen molar-refractivity contribution in [2.75, 3.05) is 26.9 Å². The Kier molecular flexibility index (Phi) is 6.60. The molecule has 2 N–H and O–H groups in total. The second kappa shape index (κ2) is 7.71. The fourth-order valence-corrected chi connectivity index (χ4v) is 2.31. The normalized spacial score (nSPS) is 20.6. The number of carboxylic acid groups (broad SMARTS) is 1. The van der Waals surface area contributed by atoms with Crippen molar-refractivity contribution in [3.63, 3.8) is 0 Å². The van der Waals surface area contributed by atoms with Gasteiger partial charge in [0.05, 0.1) is 6.10 Å². The van der Waals surface area contributed by atoms with E-state index in [1.54, 1.807) is 7.05 Å². The highest BCUT2D eigenvalue weighted by atomic mass is 16.5. The van der Waals surface area contributed by atoms with E-state index in [1.165, 1.54) is 0 Å².